The van der Waals surface area contributed by atoms with E-state index in [0.29, 0.717) is 25.8 Å². The Bertz CT molecular complexity index is 1480. The average molecular weight is 787 g/mol. The van der Waals surface area contributed by atoms with E-state index in [2.05, 4.69) is 20.7 Å². The van der Waals surface area contributed by atoms with Crippen molar-refractivity contribution in [3.05, 3.63) is 46.3 Å². The van der Waals surface area contributed by atoms with E-state index < -0.39 is 72.2 Å². The monoisotopic (exact) mass is 787 g/mol. The largest absolute Gasteiger partial charge is 0.467 e. The van der Waals surface area contributed by atoms with Crippen molar-refractivity contribution in [1.29, 1.82) is 0 Å². The number of esters is 1. The van der Waals surface area contributed by atoms with Crippen molar-refractivity contribution in [3.63, 3.8) is 0 Å². The van der Waals surface area contributed by atoms with E-state index >= 15 is 0 Å². The number of methoxy groups -OCH3 is 3. The Morgan fingerprint density at radius 2 is 1.61 bits per heavy atom. The number of carbonyl (C=O) groups is 5. The summed E-state index contributed by atoms with van der Waals surface area (Å²) in [7, 11) is 9.46. The van der Waals surface area contributed by atoms with Gasteiger partial charge in [0.25, 0.3) is 0 Å². The standard InChI is InChI=1S/C40H66N8O8/c1-13-25(4)35(47(9)39(52)33(27(6)44-45-41)43-38(51)34(24(2)3)46(7)8)31(54-10)23-32(49)48-21-17-20-30(48)36(55-11)26(5)37(50)42-29(40(53)56-12)22-28-18-15-14-16-19-28/h14-16,18-19,24-27,29-31,33-36H,13,17,20-23H2,1-12H3,(H,42,50)(H,43,51)/t25-,26+,27-,29?,30-,31+,33-,34-,35-,36+/m0/s1. The van der Waals surface area contributed by atoms with Gasteiger partial charge in [-0.15, -0.1) is 0 Å². The van der Waals surface area contributed by atoms with E-state index in [1.807, 2.05) is 58.0 Å². The number of carbonyl (C=O) groups excluding carboxylic acids is 5. The van der Waals surface area contributed by atoms with Crippen molar-refractivity contribution in [2.24, 2.45) is 22.9 Å². The first-order chi connectivity index (χ1) is 26.5. The summed E-state index contributed by atoms with van der Waals surface area (Å²) in [5.74, 6) is -2.98. The van der Waals surface area contributed by atoms with Gasteiger partial charge in [-0.2, -0.15) is 0 Å². The lowest BCUT2D eigenvalue weighted by atomic mass is 9.89. The van der Waals surface area contributed by atoms with Gasteiger partial charge in [0.1, 0.15) is 12.1 Å². The van der Waals surface area contributed by atoms with Gasteiger partial charge in [0.05, 0.1) is 55.8 Å². The Hall–Kier alpha value is -4.24. The van der Waals surface area contributed by atoms with Gasteiger partial charge < -0.3 is 34.6 Å². The number of likely N-dealkylation sites (N-methyl/N-ethyl adjacent to an activating group) is 2. The molecule has 314 valence electrons. The van der Waals surface area contributed by atoms with Crippen molar-refractivity contribution in [3.8, 4) is 0 Å². The summed E-state index contributed by atoms with van der Waals surface area (Å²) < 4.78 is 16.9. The van der Waals surface area contributed by atoms with E-state index in [0.717, 1.165) is 5.56 Å². The summed E-state index contributed by atoms with van der Waals surface area (Å²) in [5, 5.41) is 9.47. The molecule has 16 heteroatoms. The number of nitrogens with zero attached hydrogens (tertiary/aromatic N) is 6. The maximum absolute atomic E-state index is 14.3. The molecule has 4 amide bonds. The van der Waals surface area contributed by atoms with E-state index in [9.17, 15) is 29.5 Å². The lowest BCUT2D eigenvalue weighted by Crippen LogP contribution is -2.60. The van der Waals surface area contributed by atoms with Gasteiger partial charge in [-0.25, -0.2) is 4.79 Å². The zero-order valence-electron chi connectivity index (χ0n) is 35.4. The maximum atomic E-state index is 14.3. The molecular weight excluding hydrogens is 720 g/mol. The Balaban J connectivity index is 2.34. The number of azide groups is 1. The molecule has 0 spiro atoms. The molecule has 1 aliphatic heterocycles. The van der Waals surface area contributed by atoms with Crippen LogP contribution in [-0.2, 0) is 44.6 Å². The molecule has 1 heterocycles. The molecular formula is C40H66N8O8. The molecule has 1 aromatic carbocycles. The van der Waals surface area contributed by atoms with Crippen molar-refractivity contribution in [2.75, 3.05) is 49.0 Å². The van der Waals surface area contributed by atoms with Gasteiger partial charge >= 0.3 is 5.97 Å². The average Bonchev–Trinajstić information content (AvgIpc) is 3.65. The summed E-state index contributed by atoms with van der Waals surface area (Å²) in [5.41, 5.74) is 10.1. The number of hydrogen-bond donors (Lipinski definition) is 2. The number of benzene rings is 1. The minimum absolute atomic E-state index is 0.0640. The predicted octanol–water partition coefficient (Wildman–Crippen LogP) is 3.58. The highest BCUT2D eigenvalue weighted by molar-refractivity contribution is 5.91. The lowest BCUT2D eigenvalue weighted by molar-refractivity contribution is -0.148. The quantitative estimate of drug-likeness (QED) is 0.0765. The highest BCUT2D eigenvalue weighted by Gasteiger charge is 2.43. The number of rotatable bonds is 22. The fraction of sp³-hybridized carbons (Fsp3) is 0.725. The number of hydrogen-bond acceptors (Lipinski definition) is 10. The lowest BCUT2D eigenvalue weighted by Gasteiger charge is -2.41. The normalized spacial score (nSPS) is 19.0. The molecule has 1 aliphatic rings. The molecule has 16 nitrogen and oxygen atoms in total. The van der Waals surface area contributed by atoms with Crippen LogP contribution in [0.5, 0.6) is 0 Å². The molecule has 2 N–H and O–H groups in total. The fourth-order valence-corrected chi connectivity index (χ4v) is 7.92. The summed E-state index contributed by atoms with van der Waals surface area (Å²) in [6.45, 7) is 11.5. The highest BCUT2D eigenvalue weighted by Crippen LogP contribution is 2.30. The van der Waals surface area contributed by atoms with Crippen molar-refractivity contribution in [2.45, 2.75) is 122 Å². The molecule has 0 aliphatic carbocycles. The number of nitrogens with one attached hydrogen (secondary N) is 2. The highest BCUT2D eigenvalue weighted by atomic mass is 16.5. The van der Waals surface area contributed by atoms with Crippen molar-refractivity contribution >= 4 is 29.6 Å². The van der Waals surface area contributed by atoms with Crippen molar-refractivity contribution < 1.29 is 38.2 Å². The van der Waals surface area contributed by atoms with Gasteiger partial charge in [-0.1, -0.05) is 83.4 Å². The Morgan fingerprint density at radius 3 is 2.12 bits per heavy atom. The molecule has 1 saturated heterocycles. The second kappa shape index (κ2) is 23.1. The maximum Gasteiger partial charge on any atom is 0.328 e. The van der Waals surface area contributed by atoms with Gasteiger partial charge in [0, 0.05) is 39.1 Å². The minimum Gasteiger partial charge on any atom is -0.467 e. The summed E-state index contributed by atoms with van der Waals surface area (Å²) in [6.07, 6.45) is 0.682. The predicted molar refractivity (Wildman–Crippen MR) is 213 cm³/mol. The van der Waals surface area contributed by atoms with Crippen LogP contribution < -0.4 is 10.6 Å². The first kappa shape index (κ1) is 47.9. The topological polar surface area (TPSA) is 196 Å². The molecule has 0 aromatic heterocycles. The summed E-state index contributed by atoms with van der Waals surface area (Å²) in [6, 6.07) is 4.74. The minimum atomic E-state index is -1.17. The molecule has 0 bridgehead atoms. The second-order valence-corrected chi connectivity index (χ2v) is 15.4. The number of likely N-dealkylation sites (tertiary alicyclic amines) is 1. The first-order valence-electron chi connectivity index (χ1n) is 19.5. The molecule has 10 atom stereocenters. The van der Waals surface area contributed by atoms with E-state index in [1.54, 1.807) is 44.8 Å². The molecule has 56 heavy (non-hydrogen) atoms. The molecule has 0 saturated carbocycles. The van der Waals surface area contributed by atoms with Crippen LogP contribution in [0.4, 0.5) is 0 Å². The zero-order valence-corrected chi connectivity index (χ0v) is 35.4. The van der Waals surface area contributed by atoms with Crippen LogP contribution in [0.3, 0.4) is 0 Å². The fourth-order valence-electron chi connectivity index (χ4n) is 7.92. The Kier molecular flexibility index (Phi) is 19.8. The van der Waals surface area contributed by atoms with Gasteiger partial charge in [-0.3, -0.25) is 24.1 Å². The smallest absolute Gasteiger partial charge is 0.328 e. The molecule has 1 fully saturated rings. The van der Waals surface area contributed by atoms with Crippen LogP contribution in [0.2, 0.25) is 0 Å². The van der Waals surface area contributed by atoms with Crippen LogP contribution >= 0.6 is 0 Å². The van der Waals surface area contributed by atoms with Crippen LogP contribution in [0.25, 0.3) is 10.4 Å². The molecule has 1 unspecified atom stereocenters. The Morgan fingerprint density at radius 1 is 0.964 bits per heavy atom. The second-order valence-electron chi connectivity index (χ2n) is 15.4. The van der Waals surface area contributed by atoms with E-state index in [4.69, 9.17) is 14.2 Å². The third-order valence-electron chi connectivity index (χ3n) is 11.1. The molecule has 2 rings (SSSR count). The van der Waals surface area contributed by atoms with Gasteiger partial charge in [0.2, 0.25) is 23.6 Å². The number of amides is 4. The van der Waals surface area contributed by atoms with Crippen molar-refractivity contribution in [1.82, 2.24) is 25.3 Å². The van der Waals surface area contributed by atoms with Crippen LogP contribution in [0.1, 0.15) is 72.8 Å². The van der Waals surface area contributed by atoms with Crippen LogP contribution in [-0.4, -0.2) is 142 Å². The third-order valence-corrected chi connectivity index (χ3v) is 11.1. The van der Waals surface area contributed by atoms with Crippen LogP contribution in [0, 0.1) is 17.8 Å². The Labute approximate surface area is 332 Å². The SMILES string of the molecule is CC[C@H](C)[C@@H]([C@@H](CC(=O)N1CCC[C@H]1[C@H](OC)[C@@H](C)C(=O)NC(Cc1ccccc1)C(=O)OC)OC)N(C)C(=O)[C@@H](NC(=O)[C@H](C(C)C)N(C)C)[C@H](C)N=[N+]=[N-]. The van der Waals surface area contributed by atoms with Gasteiger partial charge in [0.15, 0.2) is 0 Å². The summed E-state index contributed by atoms with van der Waals surface area (Å²) in [4.78, 5) is 76.3. The van der Waals surface area contributed by atoms with Gasteiger partial charge in [-0.05, 0) is 49.9 Å². The van der Waals surface area contributed by atoms with E-state index in [-0.39, 0.29) is 36.5 Å². The number of ether oxygens (including phenoxy) is 3. The molecule has 0 radical (unpaired) electrons. The first-order valence-corrected chi connectivity index (χ1v) is 19.5. The van der Waals surface area contributed by atoms with Crippen LogP contribution in [0.15, 0.2) is 35.4 Å². The molecule has 1 aromatic rings. The van der Waals surface area contributed by atoms with E-state index in [1.165, 1.54) is 26.2 Å². The zero-order chi connectivity index (χ0) is 42.3. The summed E-state index contributed by atoms with van der Waals surface area (Å²) >= 11 is 0. The third kappa shape index (κ3) is 12.6.